The third-order valence-electron chi connectivity index (χ3n) is 4.77. The number of rotatable bonds is 7. The second-order valence-corrected chi connectivity index (χ2v) is 6.32. The monoisotopic (exact) mass is 239 g/mol. The first-order chi connectivity index (χ1) is 8.19. The lowest BCUT2D eigenvalue weighted by atomic mass is 9.72. The minimum Gasteiger partial charge on any atom is -0.317 e. The third-order valence-corrected chi connectivity index (χ3v) is 4.77. The Labute approximate surface area is 109 Å². The van der Waals surface area contributed by atoms with Gasteiger partial charge in [-0.2, -0.15) is 0 Å². The van der Waals surface area contributed by atoms with Gasteiger partial charge < -0.3 is 5.32 Å². The maximum atomic E-state index is 3.55. The molecule has 1 fully saturated rings. The van der Waals surface area contributed by atoms with Crippen molar-refractivity contribution in [3.63, 3.8) is 0 Å². The smallest absolute Gasteiger partial charge is 0.00925 e. The van der Waals surface area contributed by atoms with Crippen molar-refractivity contribution in [1.82, 2.24) is 5.32 Å². The van der Waals surface area contributed by atoms with Crippen LogP contribution >= 0.6 is 0 Å². The highest BCUT2D eigenvalue weighted by Crippen LogP contribution is 2.36. The summed E-state index contributed by atoms with van der Waals surface area (Å²) >= 11 is 0. The van der Waals surface area contributed by atoms with Gasteiger partial charge in [-0.1, -0.05) is 46.5 Å². The van der Waals surface area contributed by atoms with Gasteiger partial charge in [0.05, 0.1) is 0 Å². The fourth-order valence-electron chi connectivity index (χ4n) is 3.44. The summed E-state index contributed by atoms with van der Waals surface area (Å²) < 4.78 is 0. The van der Waals surface area contributed by atoms with E-state index < -0.39 is 0 Å². The molecule has 0 radical (unpaired) electrons. The van der Waals surface area contributed by atoms with Crippen LogP contribution in [0.1, 0.15) is 72.1 Å². The van der Waals surface area contributed by atoms with E-state index in [1.165, 1.54) is 51.4 Å². The van der Waals surface area contributed by atoms with Crippen molar-refractivity contribution in [2.45, 2.75) is 78.2 Å². The highest BCUT2D eigenvalue weighted by Gasteiger charge is 2.30. The molecule has 0 heterocycles. The Bertz CT molecular complexity index is 188. The molecule has 1 heteroatoms. The van der Waals surface area contributed by atoms with Crippen molar-refractivity contribution >= 4 is 0 Å². The van der Waals surface area contributed by atoms with Crippen LogP contribution in [0.25, 0.3) is 0 Å². The number of nitrogens with one attached hydrogen (secondary N) is 1. The van der Waals surface area contributed by atoms with E-state index in [1.807, 2.05) is 0 Å². The highest BCUT2D eigenvalue weighted by atomic mass is 14.9. The lowest BCUT2D eigenvalue weighted by Crippen LogP contribution is -2.39. The molecule has 1 aliphatic rings. The summed E-state index contributed by atoms with van der Waals surface area (Å²) in [5, 5.41) is 3.55. The zero-order valence-corrected chi connectivity index (χ0v) is 12.5. The quantitative estimate of drug-likeness (QED) is 0.639. The van der Waals surface area contributed by atoms with Gasteiger partial charge in [0.1, 0.15) is 0 Å². The maximum Gasteiger partial charge on any atom is 0.00925 e. The van der Waals surface area contributed by atoms with Crippen LogP contribution in [0.4, 0.5) is 0 Å². The average molecular weight is 239 g/mol. The summed E-state index contributed by atoms with van der Waals surface area (Å²) in [5.74, 6) is 2.81. The minimum atomic E-state index is 0.798. The SMILES string of the molecule is CCCCCCC1CC(C(C)C)CCC1NC. The molecule has 3 unspecified atom stereocenters. The van der Waals surface area contributed by atoms with Crippen LogP contribution in [0.2, 0.25) is 0 Å². The first-order valence-electron chi connectivity index (χ1n) is 7.86. The molecule has 17 heavy (non-hydrogen) atoms. The second kappa shape index (κ2) is 8.13. The molecule has 0 saturated heterocycles. The fraction of sp³-hybridized carbons (Fsp3) is 1.00. The van der Waals surface area contributed by atoms with E-state index in [4.69, 9.17) is 0 Å². The van der Waals surface area contributed by atoms with E-state index in [-0.39, 0.29) is 0 Å². The normalized spacial score (nSPS) is 29.8. The Morgan fingerprint density at radius 2 is 1.88 bits per heavy atom. The van der Waals surface area contributed by atoms with E-state index in [2.05, 4.69) is 33.1 Å². The molecule has 0 bridgehead atoms. The molecule has 1 N–H and O–H groups in total. The standard InChI is InChI=1S/C16H33N/c1-5-6-7-8-9-15-12-14(13(2)3)10-11-16(15)17-4/h13-17H,5-12H2,1-4H3. The molecule has 0 aromatic heterocycles. The fourth-order valence-corrected chi connectivity index (χ4v) is 3.44. The second-order valence-electron chi connectivity index (χ2n) is 6.32. The summed E-state index contributed by atoms with van der Waals surface area (Å²) in [4.78, 5) is 0. The molecule has 0 aliphatic heterocycles. The van der Waals surface area contributed by atoms with Crippen LogP contribution < -0.4 is 5.32 Å². The van der Waals surface area contributed by atoms with Crippen molar-refractivity contribution in [1.29, 1.82) is 0 Å². The Morgan fingerprint density at radius 3 is 2.47 bits per heavy atom. The molecule has 1 nitrogen and oxygen atoms in total. The van der Waals surface area contributed by atoms with Crippen molar-refractivity contribution < 1.29 is 0 Å². The predicted molar refractivity (Wildman–Crippen MR) is 77.3 cm³/mol. The lowest BCUT2D eigenvalue weighted by molar-refractivity contribution is 0.163. The van der Waals surface area contributed by atoms with E-state index in [0.29, 0.717) is 0 Å². The van der Waals surface area contributed by atoms with Crippen LogP contribution in [0.3, 0.4) is 0 Å². The van der Waals surface area contributed by atoms with Crippen molar-refractivity contribution in [3.05, 3.63) is 0 Å². The van der Waals surface area contributed by atoms with E-state index >= 15 is 0 Å². The Balaban J connectivity index is 2.34. The largest absolute Gasteiger partial charge is 0.317 e. The maximum absolute atomic E-state index is 3.55. The Hall–Kier alpha value is -0.0400. The van der Waals surface area contributed by atoms with Crippen LogP contribution in [-0.4, -0.2) is 13.1 Å². The van der Waals surface area contributed by atoms with E-state index in [9.17, 15) is 0 Å². The Morgan fingerprint density at radius 1 is 1.12 bits per heavy atom. The zero-order chi connectivity index (χ0) is 12.7. The average Bonchev–Trinajstić information content (AvgIpc) is 2.34. The van der Waals surface area contributed by atoms with Gasteiger partial charge in [0.2, 0.25) is 0 Å². The molecule has 1 aliphatic carbocycles. The van der Waals surface area contributed by atoms with Crippen LogP contribution in [0.5, 0.6) is 0 Å². The van der Waals surface area contributed by atoms with Crippen LogP contribution in [0.15, 0.2) is 0 Å². The Kier molecular flexibility index (Phi) is 7.18. The predicted octanol–water partition coefficient (Wildman–Crippen LogP) is 4.62. The summed E-state index contributed by atoms with van der Waals surface area (Å²) in [6, 6.07) is 0.798. The van der Waals surface area contributed by atoms with Crippen LogP contribution in [0, 0.1) is 17.8 Å². The van der Waals surface area contributed by atoms with Gasteiger partial charge in [0.25, 0.3) is 0 Å². The summed E-state index contributed by atoms with van der Waals surface area (Å²) in [7, 11) is 2.15. The van der Waals surface area contributed by atoms with Crippen LogP contribution in [-0.2, 0) is 0 Å². The van der Waals surface area contributed by atoms with Gasteiger partial charge in [-0.25, -0.2) is 0 Å². The summed E-state index contributed by atoms with van der Waals surface area (Å²) in [5.41, 5.74) is 0. The third kappa shape index (κ3) is 4.99. The summed E-state index contributed by atoms with van der Waals surface area (Å²) in [6.45, 7) is 7.10. The highest BCUT2D eigenvalue weighted by molar-refractivity contribution is 4.85. The molecule has 3 atom stereocenters. The van der Waals surface area contributed by atoms with Crippen molar-refractivity contribution in [2.24, 2.45) is 17.8 Å². The lowest BCUT2D eigenvalue weighted by Gasteiger charge is -2.38. The molecule has 1 saturated carbocycles. The van der Waals surface area contributed by atoms with Crippen molar-refractivity contribution in [3.8, 4) is 0 Å². The van der Waals surface area contributed by atoms with Gasteiger partial charge >= 0.3 is 0 Å². The molecule has 1 rings (SSSR count). The zero-order valence-electron chi connectivity index (χ0n) is 12.5. The van der Waals surface area contributed by atoms with Gasteiger partial charge in [-0.3, -0.25) is 0 Å². The minimum absolute atomic E-state index is 0.798. The topological polar surface area (TPSA) is 12.0 Å². The number of unbranched alkanes of at least 4 members (excludes halogenated alkanes) is 3. The first kappa shape index (κ1) is 15.0. The molecular formula is C16H33N. The van der Waals surface area contributed by atoms with Gasteiger partial charge in [-0.15, -0.1) is 0 Å². The molecule has 0 aromatic carbocycles. The summed E-state index contributed by atoms with van der Waals surface area (Å²) in [6.07, 6.45) is 11.4. The van der Waals surface area contributed by atoms with Gasteiger partial charge in [0.15, 0.2) is 0 Å². The number of hydrogen-bond donors (Lipinski definition) is 1. The molecule has 0 spiro atoms. The van der Waals surface area contributed by atoms with Gasteiger partial charge in [0, 0.05) is 6.04 Å². The molecular weight excluding hydrogens is 206 g/mol. The molecule has 102 valence electrons. The van der Waals surface area contributed by atoms with E-state index in [1.54, 1.807) is 0 Å². The van der Waals surface area contributed by atoms with Gasteiger partial charge in [-0.05, 0) is 50.5 Å². The molecule has 0 aromatic rings. The van der Waals surface area contributed by atoms with E-state index in [0.717, 1.165) is 23.8 Å². The first-order valence-corrected chi connectivity index (χ1v) is 7.86. The molecule has 0 amide bonds. The number of hydrogen-bond acceptors (Lipinski definition) is 1. The van der Waals surface area contributed by atoms with Crippen molar-refractivity contribution in [2.75, 3.05) is 7.05 Å².